The maximum Gasteiger partial charge on any atom is 0.324 e. The van der Waals surface area contributed by atoms with Crippen molar-refractivity contribution >= 4 is 15.8 Å². The molecule has 0 saturated carbocycles. The Balaban J connectivity index is 2.95. The van der Waals surface area contributed by atoms with Gasteiger partial charge in [0.1, 0.15) is 0 Å². The van der Waals surface area contributed by atoms with Crippen molar-refractivity contribution in [3.05, 3.63) is 53.6 Å². The van der Waals surface area contributed by atoms with Crippen LogP contribution in [-0.4, -0.2) is 26.7 Å². The number of hydrogen-bond donors (Lipinski definition) is 0. The van der Waals surface area contributed by atoms with E-state index in [2.05, 4.69) is 6.08 Å². The van der Waals surface area contributed by atoms with Crippen LogP contribution in [0.1, 0.15) is 40.0 Å². The van der Waals surface area contributed by atoms with Crippen molar-refractivity contribution < 1.29 is 17.9 Å². The second kappa shape index (κ2) is 9.42. The maximum absolute atomic E-state index is 12.7. The monoisotopic (exact) mass is 350 g/mol. The Bertz CT molecular complexity index is 696. The van der Waals surface area contributed by atoms with Crippen molar-refractivity contribution in [1.82, 2.24) is 0 Å². The number of rotatable bonds is 8. The Labute approximate surface area is 145 Å². The van der Waals surface area contributed by atoms with Gasteiger partial charge in [-0.25, -0.2) is 8.42 Å². The Kier molecular flexibility index (Phi) is 7.92. The average molecular weight is 350 g/mol. The fourth-order valence-electron chi connectivity index (χ4n) is 2.25. The molecule has 132 valence electrons. The zero-order chi connectivity index (χ0) is 18.2. The molecule has 0 bridgehead atoms. The molecule has 1 aromatic carbocycles. The zero-order valence-electron chi connectivity index (χ0n) is 14.8. The van der Waals surface area contributed by atoms with Crippen LogP contribution in [0.2, 0.25) is 0 Å². The van der Waals surface area contributed by atoms with Gasteiger partial charge in [0.2, 0.25) is 0 Å². The number of methoxy groups -OCH3 is 1. The Morgan fingerprint density at radius 1 is 1.12 bits per heavy atom. The van der Waals surface area contributed by atoms with Crippen molar-refractivity contribution in [2.24, 2.45) is 0 Å². The molecule has 1 rings (SSSR count). The van der Waals surface area contributed by atoms with Gasteiger partial charge in [0.25, 0.3) is 0 Å². The topological polar surface area (TPSA) is 60.4 Å². The van der Waals surface area contributed by atoms with Crippen molar-refractivity contribution in [2.45, 2.75) is 50.2 Å². The first kappa shape index (κ1) is 20.2. The van der Waals surface area contributed by atoms with Crippen LogP contribution in [0, 0.1) is 0 Å². The van der Waals surface area contributed by atoms with Gasteiger partial charge >= 0.3 is 5.97 Å². The lowest BCUT2D eigenvalue weighted by molar-refractivity contribution is -0.140. The second-order valence-corrected chi connectivity index (χ2v) is 8.11. The molecule has 0 spiro atoms. The van der Waals surface area contributed by atoms with Gasteiger partial charge in [0.15, 0.2) is 15.1 Å². The number of carbonyl (C=O) groups is 1. The number of esters is 1. The molecule has 0 aliphatic heterocycles. The van der Waals surface area contributed by atoms with Crippen LogP contribution in [0.15, 0.2) is 58.5 Å². The molecule has 5 heteroatoms. The lowest BCUT2D eigenvalue weighted by Crippen LogP contribution is -2.31. The first-order valence-electron chi connectivity index (χ1n) is 7.94. The number of allylic oxidation sites excluding steroid dienone is 4. The van der Waals surface area contributed by atoms with Gasteiger partial charge in [-0.1, -0.05) is 41.5 Å². The van der Waals surface area contributed by atoms with Crippen molar-refractivity contribution in [1.29, 1.82) is 0 Å². The summed E-state index contributed by atoms with van der Waals surface area (Å²) in [5.41, 5.74) is 2.31. The summed E-state index contributed by atoms with van der Waals surface area (Å²) in [6.45, 7) is 6.03. The van der Waals surface area contributed by atoms with Crippen molar-refractivity contribution in [3.63, 3.8) is 0 Å². The number of ether oxygens (including phenoxy) is 1. The van der Waals surface area contributed by atoms with Crippen LogP contribution < -0.4 is 0 Å². The number of benzene rings is 1. The fraction of sp³-hybridized carbons (Fsp3) is 0.421. The van der Waals surface area contributed by atoms with E-state index in [-0.39, 0.29) is 11.3 Å². The SMILES string of the molecule is COC(=O)C(C/C=C(\C)CCC=C(C)C)S(=O)(=O)c1ccccc1. The van der Waals surface area contributed by atoms with Gasteiger partial charge in [-0.2, -0.15) is 0 Å². The third-order valence-corrected chi connectivity index (χ3v) is 5.75. The molecule has 0 N–H and O–H groups in total. The van der Waals surface area contributed by atoms with E-state index >= 15 is 0 Å². The minimum Gasteiger partial charge on any atom is -0.468 e. The molecule has 0 amide bonds. The van der Waals surface area contributed by atoms with Gasteiger partial charge < -0.3 is 4.74 Å². The van der Waals surface area contributed by atoms with Gasteiger partial charge in [-0.15, -0.1) is 0 Å². The van der Waals surface area contributed by atoms with E-state index in [1.165, 1.54) is 24.8 Å². The normalized spacial score (nSPS) is 13.2. The van der Waals surface area contributed by atoms with Gasteiger partial charge in [0.05, 0.1) is 12.0 Å². The third kappa shape index (κ3) is 5.96. The number of hydrogen-bond acceptors (Lipinski definition) is 4. The lowest BCUT2D eigenvalue weighted by atomic mass is 10.1. The summed E-state index contributed by atoms with van der Waals surface area (Å²) in [4.78, 5) is 12.1. The molecule has 0 aromatic heterocycles. The standard InChI is InChI=1S/C19H26O4S/c1-15(2)9-8-10-16(3)13-14-18(19(20)23-4)24(21,22)17-11-6-5-7-12-17/h5-7,9,11-13,18H,8,10,14H2,1-4H3/b16-13+. The van der Waals surface area contributed by atoms with Crippen molar-refractivity contribution in [3.8, 4) is 0 Å². The van der Waals surface area contributed by atoms with Crippen LogP contribution in [0.4, 0.5) is 0 Å². The summed E-state index contributed by atoms with van der Waals surface area (Å²) in [7, 11) is -2.56. The molecule has 1 aromatic rings. The molecule has 1 atom stereocenters. The predicted octanol–water partition coefficient (Wildman–Crippen LogP) is 4.08. The molecule has 4 nitrogen and oxygen atoms in total. The summed E-state index contributed by atoms with van der Waals surface area (Å²) < 4.78 is 30.1. The summed E-state index contributed by atoms with van der Waals surface area (Å²) in [6, 6.07) is 8.01. The summed E-state index contributed by atoms with van der Waals surface area (Å²) in [6.07, 6.45) is 5.81. The van der Waals surface area contributed by atoms with Crippen LogP contribution in [0.3, 0.4) is 0 Å². The second-order valence-electron chi connectivity index (χ2n) is 5.98. The molecule has 0 aliphatic carbocycles. The van der Waals surface area contributed by atoms with Crippen LogP contribution >= 0.6 is 0 Å². The van der Waals surface area contributed by atoms with Crippen LogP contribution in [-0.2, 0) is 19.4 Å². The fourth-order valence-corrected chi connectivity index (χ4v) is 3.82. The first-order chi connectivity index (χ1) is 11.3. The highest BCUT2D eigenvalue weighted by Gasteiger charge is 2.33. The van der Waals surface area contributed by atoms with Gasteiger partial charge in [-0.05, 0) is 52.2 Å². The molecular weight excluding hydrogens is 324 g/mol. The predicted molar refractivity (Wildman–Crippen MR) is 96.5 cm³/mol. The molecular formula is C19H26O4S. The Morgan fingerprint density at radius 3 is 2.29 bits per heavy atom. The average Bonchev–Trinajstić information content (AvgIpc) is 2.55. The lowest BCUT2D eigenvalue weighted by Gasteiger charge is -2.14. The summed E-state index contributed by atoms with van der Waals surface area (Å²) >= 11 is 0. The van der Waals surface area contributed by atoms with E-state index < -0.39 is 21.1 Å². The summed E-state index contributed by atoms with van der Waals surface area (Å²) in [5.74, 6) is -0.729. The van der Waals surface area contributed by atoms with Crippen LogP contribution in [0.5, 0.6) is 0 Å². The number of sulfone groups is 1. The highest BCUT2D eigenvalue weighted by molar-refractivity contribution is 7.92. The van der Waals surface area contributed by atoms with Gasteiger partial charge in [0, 0.05) is 0 Å². The third-order valence-electron chi connectivity index (χ3n) is 3.68. The van der Waals surface area contributed by atoms with E-state index in [0.717, 1.165) is 18.4 Å². The quantitative estimate of drug-likeness (QED) is 0.523. The molecule has 0 heterocycles. The van der Waals surface area contributed by atoms with E-state index in [1.54, 1.807) is 18.2 Å². The maximum atomic E-state index is 12.7. The number of carbonyl (C=O) groups excluding carboxylic acids is 1. The van der Waals surface area contributed by atoms with Crippen molar-refractivity contribution in [2.75, 3.05) is 7.11 Å². The van der Waals surface area contributed by atoms with E-state index in [1.807, 2.05) is 26.8 Å². The molecule has 1 unspecified atom stereocenters. The summed E-state index contributed by atoms with van der Waals surface area (Å²) in [5, 5.41) is -1.22. The Morgan fingerprint density at radius 2 is 1.75 bits per heavy atom. The smallest absolute Gasteiger partial charge is 0.324 e. The van der Waals surface area contributed by atoms with E-state index in [4.69, 9.17) is 4.74 Å². The minimum absolute atomic E-state index is 0.116. The molecule has 0 radical (unpaired) electrons. The highest BCUT2D eigenvalue weighted by atomic mass is 32.2. The first-order valence-corrected chi connectivity index (χ1v) is 9.49. The molecule has 0 fully saturated rings. The largest absolute Gasteiger partial charge is 0.468 e. The molecule has 0 saturated heterocycles. The van der Waals surface area contributed by atoms with E-state index in [0.29, 0.717) is 0 Å². The zero-order valence-corrected chi connectivity index (χ0v) is 15.6. The molecule has 0 aliphatic rings. The highest BCUT2D eigenvalue weighted by Crippen LogP contribution is 2.21. The minimum atomic E-state index is -3.77. The van der Waals surface area contributed by atoms with Crippen LogP contribution in [0.25, 0.3) is 0 Å². The van der Waals surface area contributed by atoms with E-state index in [9.17, 15) is 13.2 Å². The van der Waals surface area contributed by atoms with Gasteiger partial charge in [-0.3, -0.25) is 4.79 Å². The molecule has 24 heavy (non-hydrogen) atoms. The Hall–Kier alpha value is -1.88.